The molecule has 0 unspecified atom stereocenters. The lowest BCUT2D eigenvalue weighted by Gasteiger charge is -2.38. The summed E-state index contributed by atoms with van der Waals surface area (Å²) in [5, 5.41) is 13.2. The van der Waals surface area contributed by atoms with Gasteiger partial charge in [0, 0.05) is 30.3 Å². The minimum atomic E-state index is -0.207. The minimum absolute atomic E-state index is 0.0619. The predicted octanol–water partition coefficient (Wildman–Crippen LogP) is 3.45. The molecule has 3 heterocycles. The molecule has 0 spiro atoms. The zero-order chi connectivity index (χ0) is 21.6. The van der Waals surface area contributed by atoms with Crippen LogP contribution in [0.3, 0.4) is 0 Å². The lowest BCUT2D eigenvalue weighted by Crippen LogP contribution is -2.46. The van der Waals surface area contributed by atoms with Crippen molar-refractivity contribution in [3.63, 3.8) is 0 Å². The maximum absolute atomic E-state index is 12.8. The third-order valence-electron chi connectivity index (χ3n) is 6.25. The molecule has 1 N–H and O–H groups in total. The van der Waals surface area contributed by atoms with Gasteiger partial charge in [-0.2, -0.15) is 0 Å². The zero-order valence-corrected chi connectivity index (χ0v) is 19.1. The fourth-order valence-electron chi connectivity index (χ4n) is 4.50. The number of benzene rings is 2. The van der Waals surface area contributed by atoms with Crippen LogP contribution in [0.2, 0.25) is 0 Å². The molecule has 7 nitrogen and oxygen atoms in total. The van der Waals surface area contributed by atoms with E-state index in [-0.39, 0.29) is 11.1 Å². The third kappa shape index (κ3) is 3.48. The van der Waals surface area contributed by atoms with E-state index in [1.807, 2.05) is 35.6 Å². The summed E-state index contributed by atoms with van der Waals surface area (Å²) in [6.07, 6.45) is 1.75. The van der Waals surface area contributed by atoms with Crippen molar-refractivity contribution >= 4 is 32.6 Å². The molecule has 0 saturated carbocycles. The van der Waals surface area contributed by atoms with Crippen LogP contribution in [-0.4, -0.2) is 32.4 Å². The Morgan fingerprint density at radius 1 is 1.16 bits per heavy atom. The lowest BCUT2D eigenvalue weighted by atomic mass is 9.82. The van der Waals surface area contributed by atoms with Gasteiger partial charge in [0.1, 0.15) is 0 Å². The summed E-state index contributed by atoms with van der Waals surface area (Å²) in [7, 11) is 1.74. The lowest BCUT2D eigenvalue weighted by molar-refractivity contribution is 0.0354. The van der Waals surface area contributed by atoms with Crippen LogP contribution in [0.4, 0.5) is 0 Å². The maximum atomic E-state index is 12.8. The smallest absolute Gasteiger partial charge is 0.262 e. The van der Waals surface area contributed by atoms with E-state index in [4.69, 9.17) is 4.74 Å². The van der Waals surface area contributed by atoms with Crippen LogP contribution < -0.4 is 10.9 Å². The molecule has 1 fully saturated rings. The Bertz CT molecular complexity index is 1340. The summed E-state index contributed by atoms with van der Waals surface area (Å²) >= 11 is 3.61. The number of ether oxygens (including phenoxy) is 1. The SMILES string of the molecule is Cc1ccc2c(c1)c(=O)n(C)c1nnc(CNC3(c4cccc(Br)c4)CCOCC3)n21. The number of nitrogens with zero attached hydrogens (tertiary/aromatic N) is 4. The molecule has 0 radical (unpaired) electrons. The summed E-state index contributed by atoms with van der Waals surface area (Å²) < 4.78 is 10.3. The maximum Gasteiger partial charge on any atom is 0.262 e. The van der Waals surface area contributed by atoms with Gasteiger partial charge in [-0.1, -0.05) is 39.7 Å². The standard InChI is InChI=1S/C23H24BrN5O2/c1-15-6-7-19-18(12-15)21(30)28(2)22-27-26-20(29(19)22)14-25-23(8-10-31-11-9-23)16-4-3-5-17(24)13-16/h3-7,12-13,25H,8-11,14H2,1-2H3. The van der Waals surface area contributed by atoms with Gasteiger partial charge in [-0.05, 0) is 49.6 Å². The van der Waals surface area contributed by atoms with Gasteiger partial charge in [0.05, 0.1) is 17.4 Å². The van der Waals surface area contributed by atoms with Crippen LogP contribution in [-0.2, 0) is 23.9 Å². The van der Waals surface area contributed by atoms with Crippen LogP contribution in [0, 0.1) is 6.92 Å². The van der Waals surface area contributed by atoms with Crippen molar-refractivity contribution in [3.8, 4) is 0 Å². The quantitative estimate of drug-likeness (QED) is 0.483. The van der Waals surface area contributed by atoms with Crippen molar-refractivity contribution in [2.45, 2.75) is 31.8 Å². The summed E-state index contributed by atoms with van der Waals surface area (Å²) in [5.41, 5.74) is 2.84. The molecule has 8 heteroatoms. The Labute approximate surface area is 188 Å². The molecule has 0 bridgehead atoms. The summed E-state index contributed by atoms with van der Waals surface area (Å²) in [5.74, 6) is 1.32. The Morgan fingerprint density at radius 3 is 2.74 bits per heavy atom. The van der Waals surface area contributed by atoms with E-state index in [1.54, 1.807) is 11.6 Å². The van der Waals surface area contributed by atoms with Gasteiger partial charge in [-0.3, -0.25) is 13.8 Å². The molecule has 2 aromatic heterocycles. The van der Waals surface area contributed by atoms with Crippen molar-refractivity contribution in [2.24, 2.45) is 7.05 Å². The van der Waals surface area contributed by atoms with Gasteiger partial charge >= 0.3 is 0 Å². The summed E-state index contributed by atoms with van der Waals surface area (Å²) in [4.78, 5) is 12.8. The second-order valence-electron chi connectivity index (χ2n) is 8.19. The zero-order valence-electron chi connectivity index (χ0n) is 17.6. The van der Waals surface area contributed by atoms with Crippen molar-refractivity contribution < 1.29 is 4.74 Å². The highest BCUT2D eigenvalue weighted by atomic mass is 79.9. The van der Waals surface area contributed by atoms with E-state index < -0.39 is 0 Å². The van der Waals surface area contributed by atoms with Crippen molar-refractivity contribution in [3.05, 3.63) is 74.2 Å². The Kier molecular flexibility index (Phi) is 5.16. The van der Waals surface area contributed by atoms with Crippen LogP contribution in [0.5, 0.6) is 0 Å². The molecule has 5 rings (SSSR count). The molecular weight excluding hydrogens is 458 g/mol. The summed E-state index contributed by atoms with van der Waals surface area (Å²) in [6, 6.07) is 14.3. The highest BCUT2D eigenvalue weighted by Crippen LogP contribution is 2.34. The predicted molar refractivity (Wildman–Crippen MR) is 123 cm³/mol. The Balaban J connectivity index is 1.59. The molecule has 1 aliphatic heterocycles. The Morgan fingerprint density at radius 2 is 1.97 bits per heavy atom. The molecule has 1 saturated heterocycles. The average Bonchev–Trinajstić information content (AvgIpc) is 3.21. The molecule has 0 aliphatic carbocycles. The fraction of sp³-hybridized carbons (Fsp3) is 0.348. The number of hydrogen-bond donors (Lipinski definition) is 1. The van der Waals surface area contributed by atoms with Crippen molar-refractivity contribution in [1.29, 1.82) is 0 Å². The first-order valence-corrected chi connectivity index (χ1v) is 11.2. The summed E-state index contributed by atoms with van der Waals surface area (Å²) in [6.45, 7) is 3.92. The van der Waals surface area contributed by atoms with Crippen molar-refractivity contribution in [1.82, 2.24) is 24.5 Å². The van der Waals surface area contributed by atoms with Crippen LogP contribution in [0.1, 0.15) is 29.8 Å². The second-order valence-corrected chi connectivity index (χ2v) is 9.11. The van der Waals surface area contributed by atoms with Gasteiger partial charge in [0.2, 0.25) is 5.78 Å². The molecule has 0 amide bonds. The van der Waals surface area contributed by atoms with Crippen LogP contribution >= 0.6 is 15.9 Å². The Hall–Kier alpha value is -2.55. The topological polar surface area (TPSA) is 73.5 Å². The molecular formula is C23H24BrN5O2. The number of aromatic nitrogens is 4. The van der Waals surface area contributed by atoms with Gasteiger partial charge in [-0.25, -0.2) is 0 Å². The first kappa shape index (κ1) is 20.4. The molecule has 4 aromatic rings. The second kappa shape index (κ2) is 7.85. The van der Waals surface area contributed by atoms with Gasteiger partial charge < -0.3 is 10.1 Å². The minimum Gasteiger partial charge on any atom is -0.381 e. The number of halogens is 1. The monoisotopic (exact) mass is 481 g/mol. The first-order chi connectivity index (χ1) is 15.0. The number of aryl methyl sites for hydroxylation is 2. The third-order valence-corrected chi connectivity index (χ3v) is 6.74. The van der Waals surface area contributed by atoms with E-state index in [1.165, 1.54) is 5.56 Å². The average molecular weight is 482 g/mol. The molecule has 160 valence electrons. The van der Waals surface area contributed by atoms with Gasteiger partial charge in [0.15, 0.2) is 5.82 Å². The largest absolute Gasteiger partial charge is 0.381 e. The van der Waals surface area contributed by atoms with E-state index in [2.05, 4.69) is 49.6 Å². The van der Waals surface area contributed by atoms with Crippen LogP contribution in [0.25, 0.3) is 16.7 Å². The molecule has 0 atom stereocenters. The van der Waals surface area contributed by atoms with E-state index in [9.17, 15) is 4.79 Å². The highest BCUT2D eigenvalue weighted by Gasteiger charge is 2.34. The number of fused-ring (bicyclic) bond motifs is 3. The molecule has 1 aliphatic rings. The van der Waals surface area contributed by atoms with Gasteiger partial charge in [-0.15, -0.1) is 10.2 Å². The number of hydrogen-bond acceptors (Lipinski definition) is 5. The first-order valence-electron chi connectivity index (χ1n) is 10.4. The highest BCUT2D eigenvalue weighted by molar-refractivity contribution is 9.10. The molecule has 31 heavy (non-hydrogen) atoms. The number of nitrogens with one attached hydrogen (secondary N) is 1. The van der Waals surface area contributed by atoms with Crippen molar-refractivity contribution in [2.75, 3.05) is 13.2 Å². The van der Waals surface area contributed by atoms with E-state index in [0.29, 0.717) is 30.9 Å². The van der Waals surface area contributed by atoms with E-state index >= 15 is 0 Å². The fourth-order valence-corrected chi connectivity index (χ4v) is 4.89. The van der Waals surface area contributed by atoms with Crippen LogP contribution in [0.15, 0.2) is 51.7 Å². The van der Waals surface area contributed by atoms with E-state index in [0.717, 1.165) is 34.2 Å². The number of rotatable bonds is 4. The normalized spacial score (nSPS) is 16.2. The van der Waals surface area contributed by atoms with Gasteiger partial charge in [0.25, 0.3) is 5.56 Å². The molecule has 2 aromatic carbocycles.